The number of nitrogens with two attached hydrogens (primary N) is 1. The fraction of sp³-hybridized carbons (Fsp3) is 0.400. The lowest BCUT2D eigenvalue weighted by atomic mass is 10.2. The number of benzene rings is 1. The van der Waals surface area contributed by atoms with Crippen molar-refractivity contribution in [3.8, 4) is 0 Å². The lowest BCUT2D eigenvalue weighted by Gasteiger charge is -2.17. The third-order valence-corrected chi connectivity index (χ3v) is 3.84. The molecule has 0 radical (unpaired) electrons. The highest BCUT2D eigenvalue weighted by atomic mass is 32.1. The first-order valence-electron chi connectivity index (χ1n) is 7.11. The lowest BCUT2D eigenvalue weighted by molar-refractivity contribution is -0.124. The Hall–Kier alpha value is -1.95. The molecular weight excluding hydrogens is 284 g/mol. The van der Waals surface area contributed by atoms with Crippen molar-refractivity contribution in [2.75, 3.05) is 0 Å². The fourth-order valence-electron chi connectivity index (χ4n) is 2.47. The highest BCUT2D eigenvalue weighted by Gasteiger charge is 2.28. The zero-order chi connectivity index (χ0) is 15.0. The molecule has 0 spiro atoms. The van der Waals surface area contributed by atoms with Crippen molar-refractivity contribution < 1.29 is 4.79 Å². The van der Waals surface area contributed by atoms with E-state index in [0.29, 0.717) is 17.5 Å². The van der Waals surface area contributed by atoms with E-state index in [9.17, 15) is 4.79 Å². The molecule has 0 aliphatic heterocycles. The van der Waals surface area contributed by atoms with Crippen molar-refractivity contribution in [1.29, 1.82) is 0 Å². The maximum atomic E-state index is 12.3. The number of nitrogens with zero attached hydrogens (tertiary/aromatic N) is 2. The Morgan fingerprint density at radius 1 is 1.52 bits per heavy atom. The largest absolute Gasteiger partial charge is 0.393 e. The molecule has 1 fully saturated rings. The minimum absolute atomic E-state index is 0.0184. The van der Waals surface area contributed by atoms with E-state index in [1.54, 1.807) is 0 Å². The highest BCUT2D eigenvalue weighted by Crippen LogP contribution is 2.24. The summed E-state index contributed by atoms with van der Waals surface area (Å²) in [6.07, 6.45) is 2.54. The van der Waals surface area contributed by atoms with Crippen LogP contribution in [0.2, 0.25) is 0 Å². The van der Waals surface area contributed by atoms with Crippen LogP contribution in [0.15, 0.2) is 24.3 Å². The van der Waals surface area contributed by atoms with Gasteiger partial charge in [0.25, 0.3) is 0 Å². The molecule has 21 heavy (non-hydrogen) atoms. The predicted molar refractivity (Wildman–Crippen MR) is 86.1 cm³/mol. The average molecular weight is 302 g/mol. The smallest absolute Gasteiger partial charge is 0.243 e. The molecule has 110 valence electrons. The second-order valence-corrected chi connectivity index (χ2v) is 6.01. The summed E-state index contributed by atoms with van der Waals surface area (Å²) >= 11 is 5.00. The summed E-state index contributed by atoms with van der Waals surface area (Å²) in [6, 6.07) is 7.78. The standard InChI is InChI=1S/C15H18N4OS/c1-9(15(20)17-10-6-7-10)19-12-5-3-2-4-11(12)18-14(19)8-13(16)21/h2-5,9-10H,6-8H2,1H3,(H2,16,21)(H,17,20). The van der Waals surface area contributed by atoms with E-state index in [0.717, 1.165) is 29.7 Å². The van der Waals surface area contributed by atoms with E-state index in [1.807, 2.05) is 35.8 Å². The van der Waals surface area contributed by atoms with Crippen LogP contribution in [0.3, 0.4) is 0 Å². The molecule has 1 amide bonds. The molecule has 1 unspecified atom stereocenters. The van der Waals surface area contributed by atoms with Gasteiger partial charge in [0, 0.05) is 6.04 Å². The van der Waals surface area contributed by atoms with Gasteiger partial charge in [0.2, 0.25) is 5.91 Å². The zero-order valence-corrected chi connectivity index (χ0v) is 12.7. The highest BCUT2D eigenvalue weighted by molar-refractivity contribution is 7.80. The number of amides is 1. The van der Waals surface area contributed by atoms with Gasteiger partial charge < -0.3 is 15.6 Å². The van der Waals surface area contributed by atoms with Crippen molar-refractivity contribution in [3.05, 3.63) is 30.1 Å². The van der Waals surface area contributed by atoms with Crippen LogP contribution < -0.4 is 11.1 Å². The number of thiocarbonyl (C=S) groups is 1. The van der Waals surface area contributed by atoms with E-state index in [2.05, 4.69) is 10.3 Å². The quantitative estimate of drug-likeness (QED) is 0.825. The number of aromatic nitrogens is 2. The van der Waals surface area contributed by atoms with Crippen molar-refractivity contribution in [2.24, 2.45) is 5.73 Å². The van der Waals surface area contributed by atoms with Gasteiger partial charge in [0.15, 0.2) is 0 Å². The minimum atomic E-state index is -0.331. The molecule has 5 nitrogen and oxygen atoms in total. The normalized spacial score (nSPS) is 15.9. The van der Waals surface area contributed by atoms with E-state index in [1.165, 1.54) is 0 Å². The topological polar surface area (TPSA) is 72.9 Å². The predicted octanol–water partition coefficient (Wildman–Crippen LogP) is 1.70. The van der Waals surface area contributed by atoms with Gasteiger partial charge in [-0.05, 0) is 31.9 Å². The molecule has 1 aliphatic carbocycles. The molecule has 0 bridgehead atoms. The monoisotopic (exact) mass is 302 g/mol. The summed E-state index contributed by atoms with van der Waals surface area (Å²) in [7, 11) is 0. The molecule has 1 aromatic carbocycles. The fourth-order valence-corrected chi connectivity index (χ4v) is 2.60. The number of carbonyl (C=O) groups is 1. The summed E-state index contributed by atoms with van der Waals surface area (Å²) in [5.41, 5.74) is 7.45. The first-order chi connectivity index (χ1) is 10.1. The van der Waals surface area contributed by atoms with Crippen LogP contribution >= 0.6 is 12.2 Å². The molecule has 1 aliphatic rings. The number of hydrogen-bond donors (Lipinski definition) is 2. The maximum absolute atomic E-state index is 12.3. The van der Waals surface area contributed by atoms with Crippen molar-refractivity contribution in [2.45, 2.75) is 38.3 Å². The van der Waals surface area contributed by atoms with Crippen LogP contribution in [-0.2, 0) is 11.2 Å². The number of hydrogen-bond acceptors (Lipinski definition) is 3. The Balaban J connectivity index is 2.00. The van der Waals surface area contributed by atoms with E-state index < -0.39 is 0 Å². The maximum Gasteiger partial charge on any atom is 0.243 e. The number of nitrogens with one attached hydrogen (secondary N) is 1. The Kier molecular flexibility index (Phi) is 3.63. The molecule has 3 rings (SSSR count). The number of carbonyl (C=O) groups excluding carboxylic acids is 1. The molecule has 3 N–H and O–H groups in total. The molecule has 1 aromatic heterocycles. The van der Waals surface area contributed by atoms with Gasteiger partial charge >= 0.3 is 0 Å². The van der Waals surface area contributed by atoms with Crippen LogP contribution in [0.5, 0.6) is 0 Å². The Labute approximate surface area is 128 Å². The zero-order valence-electron chi connectivity index (χ0n) is 11.9. The van der Waals surface area contributed by atoms with Gasteiger partial charge in [-0.15, -0.1) is 0 Å². The SMILES string of the molecule is CC(C(=O)NC1CC1)n1c(CC(N)=S)nc2ccccc21. The number of imidazole rings is 1. The summed E-state index contributed by atoms with van der Waals surface area (Å²) in [5, 5.41) is 3.04. The minimum Gasteiger partial charge on any atom is -0.393 e. The molecule has 1 atom stereocenters. The second kappa shape index (κ2) is 5.44. The first-order valence-corrected chi connectivity index (χ1v) is 7.51. The van der Waals surface area contributed by atoms with Gasteiger partial charge in [0.1, 0.15) is 11.9 Å². The molecule has 0 saturated heterocycles. The van der Waals surface area contributed by atoms with E-state index >= 15 is 0 Å². The van der Waals surface area contributed by atoms with Crippen LogP contribution in [0.4, 0.5) is 0 Å². The molecule has 6 heteroatoms. The van der Waals surface area contributed by atoms with Gasteiger partial charge in [-0.2, -0.15) is 0 Å². The summed E-state index contributed by atoms with van der Waals surface area (Å²) in [6.45, 7) is 1.88. The number of para-hydroxylation sites is 2. The molecule has 1 saturated carbocycles. The second-order valence-electron chi connectivity index (χ2n) is 5.49. The van der Waals surface area contributed by atoms with Gasteiger partial charge in [0.05, 0.1) is 22.4 Å². The third-order valence-electron chi connectivity index (χ3n) is 3.69. The summed E-state index contributed by atoms with van der Waals surface area (Å²) in [5.74, 6) is 0.756. The number of fused-ring (bicyclic) bond motifs is 1. The van der Waals surface area contributed by atoms with E-state index in [4.69, 9.17) is 18.0 Å². The van der Waals surface area contributed by atoms with Gasteiger partial charge in [-0.25, -0.2) is 4.98 Å². The third kappa shape index (κ3) is 2.90. The van der Waals surface area contributed by atoms with Crippen LogP contribution in [0.1, 0.15) is 31.6 Å². The molecular formula is C15H18N4OS. The van der Waals surface area contributed by atoms with Crippen LogP contribution in [0.25, 0.3) is 11.0 Å². The van der Waals surface area contributed by atoms with Gasteiger partial charge in [-0.3, -0.25) is 4.79 Å². The average Bonchev–Trinajstić information content (AvgIpc) is 3.17. The van der Waals surface area contributed by atoms with Crippen LogP contribution in [0, 0.1) is 0 Å². The molecule has 2 aromatic rings. The van der Waals surface area contributed by atoms with Crippen molar-refractivity contribution >= 4 is 34.1 Å². The van der Waals surface area contributed by atoms with Crippen LogP contribution in [-0.4, -0.2) is 26.5 Å². The number of rotatable bonds is 5. The Bertz CT molecular complexity index is 705. The summed E-state index contributed by atoms with van der Waals surface area (Å²) in [4.78, 5) is 17.3. The van der Waals surface area contributed by atoms with Crippen molar-refractivity contribution in [1.82, 2.24) is 14.9 Å². The summed E-state index contributed by atoms with van der Waals surface area (Å²) < 4.78 is 1.94. The Morgan fingerprint density at radius 3 is 2.90 bits per heavy atom. The lowest BCUT2D eigenvalue weighted by Crippen LogP contribution is -2.33. The van der Waals surface area contributed by atoms with Crippen molar-refractivity contribution in [3.63, 3.8) is 0 Å². The first kappa shape index (κ1) is 14.0. The van der Waals surface area contributed by atoms with E-state index in [-0.39, 0.29) is 11.9 Å². The van der Waals surface area contributed by atoms with Gasteiger partial charge in [-0.1, -0.05) is 24.4 Å². The Morgan fingerprint density at radius 2 is 2.24 bits per heavy atom. The molecule has 1 heterocycles.